The van der Waals surface area contributed by atoms with Crippen LogP contribution in [0, 0.1) is 6.92 Å². The van der Waals surface area contributed by atoms with Gasteiger partial charge < -0.3 is 19.5 Å². The minimum absolute atomic E-state index is 0.130. The van der Waals surface area contributed by atoms with Crippen LogP contribution >= 0.6 is 11.3 Å². The van der Waals surface area contributed by atoms with Crippen molar-refractivity contribution in [2.24, 2.45) is 0 Å². The molecule has 1 atom stereocenters. The third-order valence-corrected chi connectivity index (χ3v) is 6.26. The number of aryl methyl sites for hydroxylation is 1. The van der Waals surface area contributed by atoms with E-state index in [0.717, 1.165) is 28.2 Å². The number of likely N-dealkylation sites (tertiary alicyclic amines) is 1. The van der Waals surface area contributed by atoms with Gasteiger partial charge in [-0.1, -0.05) is 0 Å². The molecule has 0 radical (unpaired) electrons. The van der Waals surface area contributed by atoms with Crippen molar-refractivity contribution in [1.82, 2.24) is 4.90 Å². The maximum atomic E-state index is 12.9. The lowest BCUT2D eigenvalue weighted by Crippen LogP contribution is -2.32. The highest BCUT2D eigenvalue weighted by atomic mass is 32.1. The standard InChI is InChI=1S/C21H21NO5S/c1-12-6-10-28-20(12)17-16(19(24)21(25)22(17)7-9-26-2)18(23)14-3-4-15-13(11-14)5-8-27-15/h3-4,6,10-11,17,23H,5,7-9H2,1-2H3/b18-16-. The number of carbonyl (C=O) groups is 2. The summed E-state index contributed by atoms with van der Waals surface area (Å²) in [6.07, 6.45) is 0.756. The van der Waals surface area contributed by atoms with Gasteiger partial charge in [-0.05, 0) is 47.7 Å². The molecule has 2 aliphatic heterocycles. The maximum absolute atomic E-state index is 12.9. The molecule has 146 valence electrons. The van der Waals surface area contributed by atoms with E-state index in [2.05, 4.69) is 0 Å². The van der Waals surface area contributed by atoms with Crippen LogP contribution in [-0.4, -0.2) is 48.6 Å². The van der Waals surface area contributed by atoms with E-state index in [4.69, 9.17) is 9.47 Å². The van der Waals surface area contributed by atoms with E-state index in [1.54, 1.807) is 19.2 Å². The van der Waals surface area contributed by atoms with Crippen molar-refractivity contribution in [3.05, 3.63) is 56.8 Å². The fourth-order valence-corrected chi connectivity index (χ4v) is 4.77. The average molecular weight is 399 g/mol. The molecule has 1 aromatic heterocycles. The Kier molecular flexibility index (Phi) is 4.95. The second-order valence-corrected chi connectivity index (χ2v) is 7.82. The number of thiophene rings is 1. The summed E-state index contributed by atoms with van der Waals surface area (Å²) >= 11 is 1.47. The van der Waals surface area contributed by atoms with E-state index in [1.165, 1.54) is 16.2 Å². The van der Waals surface area contributed by atoms with E-state index < -0.39 is 17.7 Å². The largest absolute Gasteiger partial charge is 0.507 e. The predicted octanol–water partition coefficient (Wildman–Crippen LogP) is 3.06. The number of Topliss-reactive ketones (excluding diaryl/α,β-unsaturated/α-hetero) is 1. The molecule has 1 amide bonds. The first-order chi connectivity index (χ1) is 13.5. The molecule has 1 fully saturated rings. The fourth-order valence-electron chi connectivity index (χ4n) is 3.73. The smallest absolute Gasteiger partial charge is 0.295 e. The lowest BCUT2D eigenvalue weighted by molar-refractivity contribution is -0.140. The number of hydrogen-bond acceptors (Lipinski definition) is 6. The zero-order valence-electron chi connectivity index (χ0n) is 15.7. The van der Waals surface area contributed by atoms with Gasteiger partial charge in [-0.25, -0.2) is 0 Å². The highest BCUT2D eigenvalue weighted by molar-refractivity contribution is 7.10. The predicted molar refractivity (Wildman–Crippen MR) is 106 cm³/mol. The molecule has 0 saturated carbocycles. The molecule has 28 heavy (non-hydrogen) atoms. The summed E-state index contributed by atoms with van der Waals surface area (Å²) < 4.78 is 10.6. The van der Waals surface area contributed by atoms with Crippen molar-refractivity contribution in [2.45, 2.75) is 19.4 Å². The number of nitrogens with zero attached hydrogens (tertiary/aromatic N) is 1. The molecule has 6 nitrogen and oxygen atoms in total. The van der Waals surface area contributed by atoms with Crippen LogP contribution in [0.2, 0.25) is 0 Å². The first-order valence-corrected chi connectivity index (χ1v) is 9.98. The maximum Gasteiger partial charge on any atom is 0.295 e. The zero-order valence-corrected chi connectivity index (χ0v) is 16.5. The zero-order chi connectivity index (χ0) is 19.8. The van der Waals surface area contributed by atoms with Gasteiger partial charge >= 0.3 is 0 Å². The van der Waals surface area contributed by atoms with Crippen LogP contribution in [-0.2, 0) is 20.7 Å². The highest BCUT2D eigenvalue weighted by Gasteiger charge is 2.46. The fraction of sp³-hybridized carbons (Fsp3) is 0.333. The summed E-state index contributed by atoms with van der Waals surface area (Å²) in [6.45, 7) is 3.13. The summed E-state index contributed by atoms with van der Waals surface area (Å²) in [5.41, 5.74) is 2.62. The van der Waals surface area contributed by atoms with Gasteiger partial charge in [-0.2, -0.15) is 0 Å². The van der Waals surface area contributed by atoms with Crippen LogP contribution in [0.15, 0.2) is 35.2 Å². The number of ketones is 1. The lowest BCUT2D eigenvalue weighted by Gasteiger charge is -2.24. The van der Waals surface area contributed by atoms with Crippen molar-refractivity contribution in [2.75, 3.05) is 26.9 Å². The lowest BCUT2D eigenvalue weighted by atomic mass is 9.97. The molecule has 2 aliphatic rings. The van der Waals surface area contributed by atoms with E-state index in [1.807, 2.05) is 24.4 Å². The van der Waals surface area contributed by atoms with E-state index in [-0.39, 0.29) is 17.9 Å². The molecule has 0 bridgehead atoms. The number of hydrogen-bond donors (Lipinski definition) is 1. The molecular formula is C21H21NO5S. The Labute approximate surface area is 167 Å². The van der Waals surface area contributed by atoms with Crippen LogP contribution < -0.4 is 4.74 Å². The van der Waals surface area contributed by atoms with Gasteiger partial charge in [0.1, 0.15) is 11.5 Å². The minimum atomic E-state index is -0.664. The molecule has 1 aromatic carbocycles. The molecule has 0 spiro atoms. The van der Waals surface area contributed by atoms with Gasteiger partial charge in [0.15, 0.2) is 0 Å². The Morgan fingerprint density at radius 3 is 2.89 bits per heavy atom. The number of amides is 1. The van der Waals surface area contributed by atoms with Crippen molar-refractivity contribution in [1.29, 1.82) is 0 Å². The van der Waals surface area contributed by atoms with Gasteiger partial charge in [0.05, 0.1) is 24.8 Å². The Bertz CT molecular complexity index is 977. The molecule has 7 heteroatoms. The van der Waals surface area contributed by atoms with Crippen molar-refractivity contribution in [3.63, 3.8) is 0 Å². The summed E-state index contributed by atoms with van der Waals surface area (Å²) in [6, 6.07) is 6.69. The summed E-state index contributed by atoms with van der Waals surface area (Å²) in [5, 5.41) is 13.0. The second-order valence-electron chi connectivity index (χ2n) is 6.87. The molecular weight excluding hydrogens is 378 g/mol. The van der Waals surface area contributed by atoms with E-state index in [9.17, 15) is 14.7 Å². The Morgan fingerprint density at radius 2 is 2.18 bits per heavy atom. The normalized spacial score (nSPS) is 20.5. The first-order valence-electron chi connectivity index (χ1n) is 9.10. The number of aliphatic hydroxyl groups is 1. The highest BCUT2D eigenvalue weighted by Crippen LogP contribution is 2.42. The number of fused-ring (bicyclic) bond motifs is 1. The number of carbonyl (C=O) groups excluding carboxylic acids is 2. The van der Waals surface area contributed by atoms with Crippen LogP contribution in [0.1, 0.15) is 27.6 Å². The summed E-state index contributed by atoms with van der Waals surface area (Å²) in [7, 11) is 1.55. The third kappa shape index (κ3) is 3.00. The monoisotopic (exact) mass is 399 g/mol. The quantitative estimate of drug-likeness (QED) is 0.475. The van der Waals surface area contributed by atoms with Crippen LogP contribution in [0.4, 0.5) is 0 Å². The second kappa shape index (κ2) is 7.41. The number of ether oxygens (including phenoxy) is 2. The van der Waals surface area contributed by atoms with Gasteiger partial charge in [0, 0.05) is 30.5 Å². The Balaban J connectivity index is 1.84. The number of rotatable bonds is 5. The molecule has 1 N–H and O–H groups in total. The first kappa shape index (κ1) is 18.7. The third-order valence-electron chi connectivity index (χ3n) is 5.19. The average Bonchev–Trinajstić information content (AvgIpc) is 3.38. The summed E-state index contributed by atoms with van der Waals surface area (Å²) in [4.78, 5) is 28.0. The van der Waals surface area contributed by atoms with Crippen LogP contribution in [0.3, 0.4) is 0 Å². The molecule has 3 heterocycles. The summed E-state index contributed by atoms with van der Waals surface area (Å²) in [5.74, 6) is -0.627. The van der Waals surface area contributed by atoms with Crippen molar-refractivity contribution < 1.29 is 24.2 Å². The molecule has 0 aliphatic carbocycles. The number of aliphatic hydroxyl groups excluding tert-OH is 1. The molecule has 4 rings (SSSR count). The Hall–Kier alpha value is -2.64. The van der Waals surface area contributed by atoms with Gasteiger partial charge in [-0.3, -0.25) is 9.59 Å². The number of benzene rings is 1. The van der Waals surface area contributed by atoms with E-state index in [0.29, 0.717) is 18.8 Å². The molecule has 2 aromatic rings. The number of methoxy groups -OCH3 is 1. The van der Waals surface area contributed by atoms with Gasteiger partial charge in [0.25, 0.3) is 11.7 Å². The van der Waals surface area contributed by atoms with Crippen molar-refractivity contribution >= 4 is 28.8 Å². The van der Waals surface area contributed by atoms with E-state index >= 15 is 0 Å². The minimum Gasteiger partial charge on any atom is -0.507 e. The molecule has 1 unspecified atom stereocenters. The topological polar surface area (TPSA) is 76.1 Å². The van der Waals surface area contributed by atoms with Crippen molar-refractivity contribution in [3.8, 4) is 5.75 Å². The SMILES string of the molecule is COCCN1C(=O)C(=O)/C(=C(\O)c2ccc3c(c2)CCO3)C1c1sccc1C. The Morgan fingerprint density at radius 1 is 1.36 bits per heavy atom. The molecule has 1 saturated heterocycles. The van der Waals surface area contributed by atoms with Gasteiger partial charge in [0.2, 0.25) is 0 Å². The van der Waals surface area contributed by atoms with Gasteiger partial charge in [-0.15, -0.1) is 11.3 Å². The van der Waals surface area contributed by atoms with Crippen LogP contribution in [0.5, 0.6) is 5.75 Å². The van der Waals surface area contributed by atoms with Crippen LogP contribution in [0.25, 0.3) is 5.76 Å².